The highest BCUT2D eigenvalue weighted by atomic mass is 32.1. The zero-order valence-electron chi connectivity index (χ0n) is 19.1. The first-order valence-corrected chi connectivity index (χ1v) is 11.4. The molecule has 1 unspecified atom stereocenters. The summed E-state index contributed by atoms with van der Waals surface area (Å²) in [6.45, 7) is 0.202. The van der Waals surface area contributed by atoms with Crippen molar-refractivity contribution in [1.29, 1.82) is 0 Å². The first-order valence-electron chi connectivity index (χ1n) is 11.0. The number of aromatic amines is 1. The summed E-state index contributed by atoms with van der Waals surface area (Å²) >= 11 is 5.12. The van der Waals surface area contributed by atoms with Crippen LogP contribution in [0.4, 0.5) is 19.0 Å². The third kappa shape index (κ3) is 6.19. The van der Waals surface area contributed by atoms with E-state index in [0.717, 1.165) is 22.3 Å². The molecule has 6 nitrogen and oxygen atoms in total. The number of carbonyl (C=O) groups excluding carboxylic acids is 2. The number of fused-ring (bicyclic) bond motifs is 1. The third-order valence-electron chi connectivity index (χ3n) is 5.48. The lowest BCUT2D eigenvalue weighted by atomic mass is 9.91. The zero-order valence-corrected chi connectivity index (χ0v) is 19.9. The number of hydrogen-bond donors (Lipinski definition) is 3. The van der Waals surface area contributed by atoms with Gasteiger partial charge in [-0.3, -0.25) is 9.59 Å². The quantitative estimate of drug-likeness (QED) is 0.354. The van der Waals surface area contributed by atoms with Crippen molar-refractivity contribution in [3.63, 3.8) is 0 Å². The van der Waals surface area contributed by atoms with Gasteiger partial charge in [-0.25, -0.2) is 0 Å². The summed E-state index contributed by atoms with van der Waals surface area (Å²) in [6.07, 6.45) is -2.80. The molecule has 1 aliphatic rings. The van der Waals surface area contributed by atoms with Crippen LogP contribution in [0.3, 0.4) is 0 Å². The minimum absolute atomic E-state index is 0.217. The van der Waals surface area contributed by atoms with Gasteiger partial charge >= 0.3 is 6.18 Å². The lowest BCUT2D eigenvalue weighted by molar-refractivity contribution is -0.165. The van der Waals surface area contributed by atoms with Gasteiger partial charge in [0.25, 0.3) is 5.91 Å². The summed E-state index contributed by atoms with van der Waals surface area (Å²) in [6, 6.07) is 17.6. The Balaban J connectivity index is 1.46. The van der Waals surface area contributed by atoms with Crippen LogP contribution in [0.15, 0.2) is 66.4 Å². The number of ether oxygens (including phenoxy) is 1. The SMILES string of the molecule is CC(=O)Nc1cc(C(=O)NCc2ccc(C3C(OCC(F)(F)F)=Cc4ccccc43)cc2)cc(=S)[nH]1. The third-order valence-corrected chi connectivity index (χ3v) is 5.70. The molecule has 0 bridgehead atoms. The number of halogens is 3. The number of benzene rings is 2. The van der Waals surface area contributed by atoms with Gasteiger partial charge in [-0.1, -0.05) is 60.7 Å². The molecule has 1 atom stereocenters. The van der Waals surface area contributed by atoms with E-state index in [4.69, 9.17) is 17.0 Å². The van der Waals surface area contributed by atoms with Crippen LogP contribution in [0, 0.1) is 4.64 Å². The van der Waals surface area contributed by atoms with Crippen molar-refractivity contribution >= 4 is 35.9 Å². The van der Waals surface area contributed by atoms with Crippen molar-refractivity contribution in [2.24, 2.45) is 0 Å². The minimum Gasteiger partial charge on any atom is -0.487 e. The van der Waals surface area contributed by atoms with Gasteiger partial charge < -0.3 is 20.4 Å². The second-order valence-electron chi connectivity index (χ2n) is 8.26. The number of rotatable bonds is 7. The van der Waals surface area contributed by atoms with Crippen LogP contribution < -0.4 is 10.6 Å². The largest absolute Gasteiger partial charge is 0.487 e. The molecule has 186 valence electrons. The van der Waals surface area contributed by atoms with Crippen LogP contribution in [-0.2, 0) is 16.1 Å². The fourth-order valence-electron chi connectivity index (χ4n) is 3.97. The number of H-pyrrole nitrogens is 1. The summed E-state index contributed by atoms with van der Waals surface area (Å²) < 4.78 is 43.8. The van der Waals surface area contributed by atoms with Crippen molar-refractivity contribution < 1.29 is 27.5 Å². The number of carbonyl (C=O) groups is 2. The number of allylic oxidation sites excluding steroid dienone is 1. The fraction of sp³-hybridized carbons (Fsp3) is 0.192. The molecule has 2 amide bonds. The molecular formula is C26H22F3N3O3S. The molecule has 10 heteroatoms. The standard InChI is InChI=1S/C26H22F3N3O3S/c1-15(33)31-22-11-19(12-23(36)32-22)25(34)30-13-16-6-8-17(9-7-16)24-20-5-3-2-4-18(20)10-21(24)35-14-26(27,28)29/h2-12,24H,13-14H2,1H3,(H,30,34)(H2,31,32,33,36). The summed E-state index contributed by atoms with van der Waals surface area (Å²) in [7, 11) is 0. The van der Waals surface area contributed by atoms with E-state index in [1.807, 2.05) is 36.4 Å². The van der Waals surface area contributed by atoms with Gasteiger partial charge in [-0.15, -0.1) is 0 Å². The zero-order chi connectivity index (χ0) is 25.9. The van der Waals surface area contributed by atoms with Gasteiger partial charge in [0.15, 0.2) is 6.61 Å². The lowest BCUT2D eigenvalue weighted by Crippen LogP contribution is -2.23. The molecule has 36 heavy (non-hydrogen) atoms. The van der Waals surface area contributed by atoms with E-state index in [1.54, 1.807) is 18.2 Å². The van der Waals surface area contributed by atoms with Gasteiger partial charge in [-0.2, -0.15) is 13.2 Å². The number of nitrogens with one attached hydrogen (secondary N) is 3. The van der Waals surface area contributed by atoms with Crippen molar-refractivity contribution in [2.75, 3.05) is 11.9 Å². The molecule has 0 saturated carbocycles. The first kappa shape index (κ1) is 25.2. The predicted molar refractivity (Wildman–Crippen MR) is 132 cm³/mol. The number of amides is 2. The monoisotopic (exact) mass is 513 g/mol. The average Bonchev–Trinajstić information content (AvgIpc) is 3.19. The number of aromatic nitrogens is 1. The number of hydrogen-bond acceptors (Lipinski definition) is 4. The summed E-state index contributed by atoms with van der Waals surface area (Å²) in [4.78, 5) is 26.7. The van der Waals surface area contributed by atoms with Crippen molar-refractivity contribution in [3.8, 4) is 0 Å². The van der Waals surface area contributed by atoms with Crippen molar-refractivity contribution in [3.05, 3.63) is 98.9 Å². The van der Waals surface area contributed by atoms with Crippen molar-refractivity contribution in [2.45, 2.75) is 25.6 Å². The molecule has 4 rings (SSSR count). The smallest absolute Gasteiger partial charge is 0.422 e. The highest BCUT2D eigenvalue weighted by Crippen LogP contribution is 2.42. The average molecular weight is 514 g/mol. The van der Waals surface area contributed by atoms with Crippen LogP contribution >= 0.6 is 12.2 Å². The highest BCUT2D eigenvalue weighted by molar-refractivity contribution is 7.71. The summed E-state index contributed by atoms with van der Waals surface area (Å²) in [5, 5.41) is 5.36. The molecule has 0 spiro atoms. The second kappa shape index (κ2) is 10.4. The molecular weight excluding hydrogens is 491 g/mol. The molecule has 2 aromatic carbocycles. The van der Waals surface area contributed by atoms with E-state index in [-0.39, 0.29) is 24.1 Å². The van der Waals surface area contributed by atoms with Gasteiger partial charge in [-0.05, 0) is 40.5 Å². The Kier molecular flexibility index (Phi) is 7.25. The minimum atomic E-state index is -4.44. The molecule has 3 aromatic rings. The Morgan fingerprint density at radius 2 is 1.81 bits per heavy atom. The molecule has 0 saturated heterocycles. The van der Waals surface area contributed by atoms with Gasteiger partial charge in [0, 0.05) is 19.0 Å². The van der Waals surface area contributed by atoms with Gasteiger partial charge in [0.2, 0.25) is 5.91 Å². The predicted octanol–water partition coefficient (Wildman–Crippen LogP) is 5.70. The second-order valence-corrected chi connectivity index (χ2v) is 8.70. The number of anilines is 1. The van der Waals surface area contributed by atoms with Gasteiger partial charge in [0.05, 0.1) is 5.92 Å². The van der Waals surface area contributed by atoms with Crippen LogP contribution in [0.25, 0.3) is 6.08 Å². The van der Waals surface area contributed by atoms with Gasteiger partial charge in [0.1, 0.15) is 16.2 Å². The van der Waals surface area contributed by atoms with E-state index in [0.29, 0.717) is 16.0 Å². The van der Waals surface area contributed by atoms with E-state index < -0.39 is 18.7 Å². The Bertz CT molecular complexity index is 1380. The lowest BCUT2D eigenvalue weighted by Gasteiger charge is -2.19. The maximum atomic E-state index is 12.8. The fourth-order valence-corrected chi connectivity index (χ4v) is 4.21. The number of alkyl halides is 3. The highest BCUT2D eigenvalue weighted by Gasteiger charge is 2.33. The molecule has 0 aliphatic heterocycles. The molecule has 1 heterocycles. The molecule has 1 aromatic heterocycles. The molecule has 0 radical (unpaired) electrons. The molecule has 1 aliphatic carbocycles. The Morgan fingerprint density at radius 1 is 1.08 bits per heavy atom. The summed E-state index contributed by atoms with van der Waals surface area (Å²) in [5.41, 5.74) is 3.54. The normalized spacial score (nSPS) is 14.6. The summed E-state index contributed by atoms with van der Waals surface area (Å²) in [5.74, 6) is -0.570. The van der Waals surface area contributed by atoms with E-state index >= 15 is 0 Å². The first-order chi connectivity index (χ1) is 17.1. The topological polar surface area (TPSA) is 83.2 Å². The van der Waals surface area contributed by atoms with E-state index in [1.165, 1.54) is 19.1 Å². The van der Waals surface area contributed by atoms with Crippen LogP contribution in [0.1, 0.15) is 45.5 Å². The Morgan fingerprint density at radius 3 is 2.50 bits per heavy atom. The molecule has 0 fully saturated rings. The Hall–Kier alpha value is -3.92. The number of pyridine rings is 1. The van der Waals surface area contributed by atoms with Crippen LogP contribution in [0.2, 0.25) is 0 Å². The maximum absolute atomic E-state index is 12.8. The van der Waals surface area contributed by atoms with Crippen molar-refractivity contribution in [1.82, 2.24) is 10.3 Å². The van der Waals surface area contributed by atoms with E-state index in [2.05, 4.69) is 15.6 Å². The molecule has 3 N–H and O–H groups in total. The van der Waals surface area contributed by atoms with E-state index in [9.17, 15) is 22.8 Å². The Labute approximate surface area is 210 Å². The van der Waals surface area contributed by atoms with Crippen LogP contribution in [0.5, 0.6) is 0 Å². The van der Waals surface area contributed by atoms with Crippen LogP contribution in [-0.4, -0.2) is 29.6 Å². The maximum Gasteiger partial charge on any atom is 0.422 e.